The zero-order valence-corrected chi connectivity index (χ0v) is 8.30. The highest BCUT2D eigenvalue weighted by Crippen LogP contribution is 2.14. The number of rotatable bonds is 3. The lowest BCUT2D eigenvalue weighted by Crippen LogP contribution is -2.28. The van der Waals surface area contributed by atoms with Crippen LogP contribution in [0.3, 0.4) is 0 Å². The van der Waals surface area contributed by atoms with Crippen LogP contribution in [0.25, 0.3) is 10.9 Å². The van der Waals surface area contributed by atoms with Crippen molar-refractivity contribution in [3.8, 4) is 0 Å². The Bertz CT molecular complexity index is 475. The van der Waals surface area contributed by atoms with Crippen LogP contribution in [0.15, 0.2) is 24.4 Å². The molecule has 1 aromatic carbocycles. The van der Waals surface area contributed by atoms with Crippen LogP contribution in [0, 0.1) is 0 Å². The van der Waals surface area contributed by atoms with Gasteiger partial charge in [0.15, 0.2) is 0 Å². The highest BCUT2D eigenvalue weighted by atomic mass is 19.4. The molecule has 0 atom stereocenters. The summed E-state index contributed by atoms with van der Waals surface area (Å²) in [7, 11) is 0. The lowest BCUT2D eigenvalue weighted by atomic mass is 10.2. The first-order valence-electron chi connectivity index (χ1n) is 4.74. The van der Waals surface area contributed by atoms with Gasteiger partial charge in [-0.25, -0.2) is 0 Å². The molecule has 1 heterocycles. The summed E-state index contributed by atoms with van der Waals surface area (Å²) < 4.78 is 35.6. The summed E-state index contributed by atoms with van der Waals surface area (Å²) in [6, 6.07) is 5.39. The van der Waals surface area contributed by atoms with E-state index in [0.717, 1.165) is 16.5 Å². The van der Waals surface area contributed by atoms with Crippen molar-refractivity contribution in [1.82, 2.24) is 15.5 Å². The summed E-state index contributed by atoms with van der Waals surface area (Å²) >= 11 is 0. The van der Waals surface area contributed by atoms with Crippen LogP contribution in [0.1, 0.15) is 5.56 Å². The van der Waals surface area contributed by atoms with Crippen molar-refractivity contribution in [2.24, 2.45) is 0 Å². The number of nitrogens with zero attached hydrogens (tertiary/aromatic N) is 1. The van der Waals surface area contributed by atoms with E-state index in [0.29, 0.717) is 0 Å². The SMILES string of the molecule is FC(F)(F)CNCc1ccc2cn[nH]c2c1. The first-order chi connectivity index (χ1) is 7.54. The van der Waals surface area contributed by atoms with Crippen molar-refractivity contribution < 1.29 is 13.2 Å². The van der Waals surface area contributed by atoms with Crippen molar-refractivity contribution in [3.05, 3.63) is 30.0 Å². The van der Waals surface area contributed by atoms with Gasteiger partial charge in [-0.1, -0.05) is 12.1 Å². The topological polar surface area (TPSA) is 40.7 Å². The molecular weight excluding hydrogens is 219 g/mol. The van der Waals surface area contributed by atoms with Crippen LogP contribution in [0.2, 0.25) is 0 Å². The quantitative estimate of drug-likeness (QED) is 0.847. The number of halogens is 3. The maximum Gasteiger partial charge on any atom is 0.401 e. The molecule has 0 aliphatic heterocycles. The Morgan fingerprint density at radius 2 is 2.12 bits per heavy atom. The molecule has 0 saturated heterocycles. The van der Waals surface area contributed by atoms with Gasteiger partial charge in [-0.3, -0.25) is 5.10 Å². The Balaban J connectivity index is 1.99. The van der Waals surface area contributed by atoms with Gasteiger partial charge in [0.05, 0.1) is 18.3 Å². The van der Waals surface area contributed by atoms with E-state index in [1.807, 2.05) is 6.07 Å². The molecule has 0 aliphatic rings. The largest absolute Gasteiger partial charge is 0.401 e. The average Bonchev–Trinajstić information content (AvgIpc) is 2.62. The fraction of sp³-hybridized carbons (Fsp3) is 0.300. The summed E-state index contributed by atoms with van der Waals surface area (Å²) in [5.41, 5.74) is 1.62. The van der Waals surface area contributed by atoms with E-state index in [-0.39, 0.29) is 6.54 Å². The number of hydrogen-bond donors (Lipinski definition) is 2. The van der Waals surface area contributed by atoms with Gasteiger partial charge in [0, 0.05) is 11.9 Å². The number of aromatic nitrogens is 2. The predicted octanol–water partition coefficient (Wildman–Crippen LogP) is 2.21. The highest BCUT2D eigenvalue weighted by molar-refractivity contribution is 5.78. The molecular formula is C10H10F3N3. The summed E-state index contributed by atoms with van der Waals surface area (Å²) in [5.74, 6) is 0. The number of alkyl halides is 3. The predicted molar refractivity (Wildman–Crippen MR) is 53.9 cm³/mol. The first kappa shape index (κ1) is 10.9. The summed E-state index contributed by atoms with van der Waals surface area (Å²) in [6.45, 7) is -0.789. The van der Waals surface area contributed by atoms with Crippen LogP contribution in [-0.2, 0) is 6.54 Å². The second-order valence-electron chi connectivity index (χ2n) is 3.51. The number of fused-ring (bicyclic) bond motifs is 1. The molecule has 6 heteroatoms. The maximum absolute atomic E-state index is 11.9. The van der Waals surface area contributed by atoms with Gasteiger partial charge in [-0.2, -0.15) is 18.3 Å². The van der Waals surface area contributed by atoms with Crippen molar-refractivity contribution in [3.63, 3.8) is 0 Å². The minimum atomic E-state index is -4.17. The Labute approximate surface area is 89.7 Å². The smallest absolute Gasteiger partial charge is 0.305 e. The number of H-pyrrole nitrogens is 1. The van der Waals surface area contributed by atoms with E-state index in [9.17, 15) is 13.2 Å². The Hall–Kier alpha value is -1.56. The molecule has 0 amide bonds. The Morgan fingerprint density at radius 3 is 2.88 bits per heavy atom. The molecule has 2 aromatic rings. The van der Waals surface area contributed by atoms with Gasteiger partial charge in [-0.05, 0) is 11.6 Å². The van der Waals surface area contributed by atoms with Gasteiger partial charge < -0.3 is 5.32 Å². The monoisotopic (exact) mass is 229 g/mol. The van der Waals surface area contributed by atoms with Gasteiger partial charge in [0.25, 0.3) is 0 Å². The molecule has 2 rings (SSSR count). The molecule has 0 unspecified atom stereocenters. The van der Waals surface area contributed by atoms with E-state index >= 15 is 0 Å². The fourth-order valence-electron chi connectivity index (χ4n) is 1.44. The van der Waals surface area contributed by atoms with Gasteiger partial charge in [-0.15, -0.1) is 0 Å². The second-order valence-corrected chi connectivity index (χ2v) is 3.51. The van der Waals surface area contributed by atoms with E-state index in [4.69, 9.17) is 0 Å². The summed E-state index contributed by atoms with van der Waals surface area (Å²) in [4.78, 5) is 0. The number of nitrogens with one attached hydrogen (secondary N) is 2. The number of hydrogen-bond acceptors (Lipinski definition) is 2. The van der Waals surface area contributed by atoms with Crippen molar-refractivity contribution in [1.29, 1.82) is 0 Å². The molecule has 1 aromatic heterocycles. The Kier molecular flexibility index (Phi) is 2.82. The normalized spacial score (nSPS) is 12.2. The Morgan fingerprint density at radius 1 is 1.31 bits per heavy atom. The zero-order valence-electron chi connectivity index (χ0n) is 8.30. The average molecular weight is 229 g/mol. The van der Waals surface area contributed by atoms with E-state index in [2.05, 4.69) is 15.5 Å². The van der Waals surface area contributed by atoms with E-state index in [1.54, 1.807) is 18.3 Å². The molecule has 0 fully saturated rings. The van der Waals surface area contributed by atoms with E-state index in [1.165, 1.54) is 0 Å². The van der Waals surface area contributed by atoms with Crippen molar-refractivity contribution >= 4 is 10.9 Å². The van der Waals surface area contributed by atoms with Crippen molar-refractivity contribution in [2.45, 2.75) is 12.7 Å². The minimum absolute atomic E-state index is 0.189. The van der Waals surface area contributed by atoms with Gasteiger partial charge in [0.1, 0.15) is 0 Å². The molecule has 86 valence electrons. The lowest BCUT2D eigenvalue weighted by molar-refractivity contribution is -0.125. The van der Waals surface area contributed by atoms with Gasteiger partial charge >= 0.3 is 6.18 Å². The number of benzene rings is 1. The summed E-state index contributed by atoms with van der Waals surface area (Å²) in [5, 5.41) is 9.89. The molecule has 0 radical (unpaired) electrons. The lowest BCUT2D eigenvalue weighted by Gasteiger charge is -2.07. The van der Waals surface area contributed by atoms with Crippen LogP contribution in [0.4, 0.5) is 13.2 Å². The highest BCUT2D eigenvalue weighted by Gasteiger charge is 2.25. The van der Waals surface area contributed by atoms with Gasteiger partial charge in [0.2, 0.25) is 0 Å². The first-order valence-corrected chi connectivity index (χ1v) is 4.74. The third-order valence-corrected chi connectivity index (χ3v) is 2.16. The van der Waals surface area contributed by atoms with Crippen LogP contribution in [0.5, 0.6) is 0 Å². The summed E-state index contributed by atoms with van der Waals surface area (Å²) in [6.07, 6.45) is -2.50. The molecule has 0 aliphatic carbocycles. The molecule has 0 saturated carbocycles. The molecule has 0 spiro atoms. The third kappa shape index (κ3) is 2.73. The standard InChI is InChI=1S/C10H10F3N3/c11-10(12,13)6-14-4-7-1-2-8-5-15-16-9(8)3-7/h1-3,5,14H,4,6H2,(H,15,16). The molecule has 3 nitrogen and oxygen atoms in total. The third-order valence-electron chi connectivity index (χ3n) is 2.16. The molecule has 2 N–H and O–H groups in total. The van der Waals surface area contributed by atoms with E-state index < -0.39 is 12.7 Å². The maximum atomic E-state index is 11.9. The molecule has 0 bridgehead atoms. The van der Waals surface area contributed by atoms with Crippen LogP contribution in [-0.4, -0.2) is 22.9 Å². The second kappa shape index (κ2) is 4.13. The van der Waals surface area contributed by atoms with Crippen LogP contribution >= 0.6 is 0 Å². The van der Waals surface area contributed by atoms with Crippen molar-refractivity contribution in [2.75, 3.05) is 6.54 Å². The zero-order chi connectivity index (χ0) is 11.6. The van der Waals surface area contributed by atoms with Crippen LogP contribution < -0.4 is 5.32 Å². The number of aromatic amines is 1. The minimum Gasteiger partial charge on any atom is -0.305 e. The molecule has 16 heavy (non-hydrogen) atoms. The fourth-order valence-corrected chi connectivity index (χ4v) is 1.44.